The SMILES string of the molecule is CN(Cc1ccsc1)C(=O)c1ccc(Cl)c(N2CCCC2=O)c1. The minimum atomic E-state index is -0.0826. The molecule has 0 aliphatic carbocycles. The molecule has 2 heterocycles. The van der Waals surface area contributed by atoms with Gasteiger partial charge in [-0.05, 0) is 47.0 Å². The van der Waals surface area contributed by atoms with E-state index >= 15 is 0 Å². The summed E-state index contributed by atoms with van der Waals surface area (Å²) in [7, 11) is 1.77. The number of amides is 2. The Bertz CT molecular complexity index is 730. The van der Waals surface area contributed by atoms with E-state index in [-0.39, 0.29) is 11.8 Å². The summed E-state index contributed by atoms with van der Waals surface area (Å²) in [6.07, 6.45) is 1.36. The predicted molar refractivity (Wildman–Crippen MR) is 93.2 cm³/mol. The maximum absolute atomic E-state index is 12.6. The number of carbonyl (C=O) groups is 2. The highest BCUT2D eigenvalue weighted by molar-refractivity contribution is 7.07. The third kappa shape index (κ3) is 3.41. The Kier molecular flexibility index (Phi) is 4.68. The van der Waals surface area contributed by atoms with Crippen molar-refractivity contribution >= 4 is 40.4 Å². The van der Waals surface area contributed by atoms with Crippen LogP contribution in [0.4, 0.5) is 5.69 Å². The second kappa shape index (κ2) is 6.72. The van der Waals surface area contributed by atoms with Gasteiger partial charge in [0.15, 0.2) is 0 Å². The molecule has 0 radical (unpaired) electrons. The molecule has 1 aromatic heterocycles. The number of hydrogen-bond donors (Lipinski definition) is 0. The summed E-state index contributed by atoms with van der Waals surface area (Å²) in [6.45, 7) is 1.21. The van der Waals surface area contributed by atoms with E-state index in [0.29, 0.717) is 35.8 Å². The van der Waals surface area contributed by atoms with E-state index in [2.05, 4.69) is 0 Å². The lowest BCUT2D eigenvalue weighted by molar-refractivity contribution is -0.117. The van der Waals surface area contributed by atoms with E-state index in [0.717, 1.165) is 12.0 Å². The summed E-state index contributed by atoms with van der Waals surface area (Å²) >= 11 is 7.83. The second-order valence-corrected chi connectivity index (χ2v) is 6.80. The Morgan fingerprint density at radius 3 is 2.87 bits per heavy atom. The smallest absolute Gasteiger partial charge is 0.253 e. The van der Waals surface area contributed by atoms with Crippen molar-refractivity contribution in [2.75, 3.05) is 18.5 Å². The zero-order chi connectivity index (χ0) is 16.4. The third-order valence-corrected chi connectivity index (χ3v) is 4.96. The standard InChI is InChI=1S/C17H17ClN2O2S/c1-19(10-12-6-8-23-11-12)17(22)13-4-5-14(18)15(9-13)20-7-2-3-16(20)21/h4-6,8-9,11H,2-3,7,10H2,1H3. The van der Waals surface area contributed by atoms with Gasteiger partial charge in [0, 0.05) is 32.1 Å². The molecule has 1 saturated heterocycles. The lowest BCUT2D eigenvalue weighted by Gasteiger charge is -2.20. The van der Waals surface area contributed by atoms with E-state index in [1.54, 1.807) is 46.4 Å². The highest BCUT2D eigenvalue weighted by Crippen LogP contribution is 2.30. The molecule has 23 heavy (non-hydrogen) atoms. The molecular weight excluding hydrogens is 332 g/mol. The van der Waals surface area contributed by atoms with Crippen LogP contribution in [-0.2, 0) is 11.3 Å². The van der Waals surface area contributed by atoms with Gasteiger partial charge in [0.05, 0.1) is 10.7 Å². The summed E-state index contributed by atoms with van der Waals surface area (Å²) in [5, 5.41) is 4.52. The van der Waals surface area contributed by atoms with Crippen LogP contribution in [0, 0.1) is 0 Å². The molecule has 0 N–H and O–H groups in total. The molecule has 120 valence electrons. The van der Waals surface area contributed by atoms with Gasteiger partial charge in [0.1, 0.15) is 0 Å². The fourth-order valence-corrected chi connectivity index (χ4v) is 3.58. The van der Waals surface area contributed by atoms with Crippen molar-refractivity contribution in [3.05, 3.63) is 51.2 Å². The van der Waals surface area contributed by atoms with E-state index in [9.17, 15) is 9.59 Å². The molecule has 0 bridgehead atoms. The van der Waals surface area contributed by atoms with E-state index in [1.165, 1.54) is 0 Å². The van der Waals surface area contributed by atoms with Gasteiger partial charge in [-0.1, -0.05) is 11.6 Å². The molecule has 1 aliphatic rings. The first-order chi connectivity index (χ1) is 11.1. The minimum Gasteiger partial charge on any atom is -0.337 e. The Hall–Kier alpha value is -1.85. The predicted octanol–water partition coefficient (Wildman–Crippen LogP) is 3.80. The van der Waals surface area contributed by atoms with Crippen molar-refractivity contribution in [2.45, 2.75) is 19.4 Å². The van der Waals surface area contributed by atoms with Crippen molar-refractivity contribution in [3.63, 3.8) is 0 Å². The van der Waals surface area contributed by atoms with Gasteiger partial charge in [-0.3, -0.25) is 9.59 Å². The van der Waals surface area contributed by atoms with Crippen LogP contribution in [0.5, 0.6) is 0 Å². The van der Waals surface area contributed by atoms with Crippen molar-refractivity contribution in [3.8, 4) is 0 Å². The van der Waals surface area contributed by atoms with Gasteiger partial charge < -0.3 is 9.80 Å². The first-order valence-electron chi connectivity index (χ1n) is 7.42. The summed E-state index contributed by atoms with van der Waals surface area (Å²) in [4.78, 5) is 27.9. The van der Waals surface area contributed by atoms with Crippen LogP contribution in [0.3, 0.4) is 0 Å². The summed E-state index contributed by atoms with van der Waals surface area (Å²) in [5.41, 5.74) is 2.28. The number of carbonyl (C=O) groups excluding carboxylic acids is 2. The number of thiophene rings is 1. The average molecular weight is 349 g/mol. The summed E-state index contributed by atoms with van der Waals surface area (Å²) < 4.78 is 0. The fourth-order valence-electron chi connectivity index (χ4n) is 2.70. The number of nitrogens with zero attached hydrogens (tertiary/aromatic N) is 2. The minimum absolute atomic E-state index is 0.0585. The number of hydrogen-bond acceptors (Lipinski definition) is 3. The molecule has 0 saturated carbocycles. The zero-order valence-electron chi connectivity index (χ0n) is 12.8. The highest BCUT2D eigenvalue weighted by Gasteiger charge is 2.25. The lowest BCUT2D eigenvalue weighted by Crippen LogP contribution is -2.27. The van der Waals surface area contributed by atoms with Crippen LogP contribution in [0.1, 0.15) is 28.8 Å². The molecule has 2 amide bonds. The van der Waals surface area contributed by atoms with Gasteiger partial charge in [-0.2, -0.15) is 11.3 Å². The monoisotopic (exact) mass is 348 g/mol. The van der Waals surface area contributed by atoms with Crippen LogP contribution in [0.2, 0.25) is 5.02 Å². The van der Waals surface area contributed by atoms with Crippen molar-refractivity contribution in [1.29, 1.82) is 0 Å². The van der Waals surface area contributed by atoms with E-state index in [1.807, 2.05) is 16.8 Å². The quantitative estimate of drug-likeness (QED) is 0.843. The maximum Gasteiger partial charge on any atom is 0.253 e. The number of anilines is 1. The molecule has 6 heteroatoms. The molecule has 0 unspecified atom stereocenters. The van der Waals surface area contributed by atoms with Crippen LogP contribution < -0.4 is 4.90 Å². The van der Waals surface area contributed by atoms with Gasteiger partial charge in [0.25, 0.3) is 5.91 Å². The molecule has 2 aromatic rings. The van der Waals surface area contributed by atoms with Crippen LogP contribution in [0.15, 0.2) is 35.0 Å². The Balaban J connectivity index is 1.82. The summed E-state index contributed by atoms with van der Waals surface area (Å²) in [6, 6.07) is 7.12. The van der Waals surface area contributed by atoms with Crippen LogP contribution in [0.25, 0.3) is 0 Å². The molecule has 1 aromatic carbocycles. The van der Waals surface area contributed by atoms with Gasteiger partial charge >= 0.3 is 0 Å². The third-order valence-electron chi connectivity index (χ3n) is 3.90. The first kappa shape index (κ1) is 16.0. The largest absolute Gasteiger partial charge is 0.337 e. The van der Waals surface area contributed by atoms with Crippen molar-refractivity contribution in [1.82, 2.24) is 4.90 Å². The number of rotatable bonds is 4. The zero-order valence-corrected chi connectivity index (χ0v) is 14.4. The Morgan fingerprint density at radius 2 is 2.22 bits per heavy atom. The Morgan fingerprint density at radius 1 is 1.39 bits per heavy atom. The van der Waals surface area contributed by atoms with E-state index in [4.69, 9.17) is 11.6 Å². The average Bonchev–Trinajstić information content (AvgIpc) is 3.19. The molecular formula is C17H17ClN2O2S. The molecule has 1 aliphatic heterocycles. The summed E-state index contributed by atoms with van der Waals surface area (Å²) in [5.74, 6) is -0.0242. The van der Waals surface area contributed by atoms with Crippen molar-refractivity contribution in [2.24, 2.45) is 0 Å². The van der Waals surface area contributed by atoms with E-state index < -0.39 is 0 Å². The highest BCUT2D eigenvalue weighted by atomic mass is 35.5. The van der Waals surface area contributed by atoms with Gasteiger partial charge in [-0.15, -0.1) is 0 Å². The maximum atomic E-state index is 12.6. The molecule has 0 spiro atoms. The normalized spacial score (nSPS) is 14.3. The lowest BCUT2D eigenvalue weighted by atomic mass is 10.1. The molecule has 0 atom stereocenters. The number of halogens is 1. The molecule has 3 rings (SSSR count). The van der Waals surface area contributed by atoms with Crippen molar-refractivity contribution < 1.29 is 9.59 Å². The number of benzene rings is 1. The first-order valence-corrected chi connectivity index (χ1v) is 8.75. The second-order valence-electron chi connectivity index (χ2n) is 5.61. The molecule has 4 nitrogen and oxygen atoms in total. The van der Waals surface area contributed by atoms with Gasteiger partial charge in [0.2, 0.25) is 5.91 Å². The fraction of sp³-hybridized carbons (Fsp3) is 0.294. The molecule has 1 fully saturated rings. The Labute approximate surface area is 144 Å². The van der Waals surface area contributed by atoms with Crippen LogP contribution in [-0.4, -0.2) is 30.3 Å². The van der Waals surface area contributed by atoms with Crippen LogP contribution >= 0.6 is 22.9 Å². The van der Waals surface area contributed by atoms with Gasteiger partial charge in [-0.25, -0.2) is 0 Å². The topological polar surface area (TPSA) is 40.6 Å².